The number of aromatic amines is 1. The van der Waals surface area contributed by atoms with Crippen LogP contribution in [0.1, 0.15) is 11.1 Å². The van der Waals surface area contributed by atoms with Crippen LogP contribution in [0.2, 0.25) is 5.02 Å². The zero-order valence-electron chi connectivity index (χ0n) is 12.8. The molecule has 0 aliphatic carbocycles. The molecule has 0 saturated heterocycles. The van der Waals surface area contributed by atoms with Crippen LogP contribution in [0.5, 0.6) is 5.75 Å². The van der Waals surface area contributed by atoms with Gasteiger partial charge in [-0.25, -0.2) is 0 Å². The van der Waals surface area contributed by atoms with Crippen molar-refractivity contribution in [2.45, 2.75) is 10.8 Å². The Morgan fingerprint density at radius 2 is 2.04 bits per heavy atom. The molecule has 4 nitrogen and oxygen atoms in total. The van der Waals surface area contributed by atoms with Crippen LogP contribution < -0.4 is 10.3 Å². The number of hydrogen-bond donors (Lipinski definition) is 1. The summed E-state index contributed by atoms with van der Waals surface area (Å²) in [5.41, 5.74) is 0.656. The largest absolute Gasteiger partial charge is 0.496 e. The highest BCUT2D eigenvalue weighted by atomic mass is 35.5. The van der Waals surface area contributed by atoms with Gasteiger partial charge in [0.05, 0.1) is 17.5 Å². The second kappa shape index (κ2) is 7.00. The minimum atomic E-state index is -0.403. The van der Waals surface area contributed by atoms with E-state index in [2.05, 4.69) is 4.98 Å². The molecule has 0 saturated carbocycles. The summed E-state index contributed by atoms with van der Waals surface area (Å²) >= 11 is 7.64. The van der Waals surface area contributed by atoms with Gasteiger partial charge in [-0.3, -0.25) is 4.79 Å². The van der Waals surface area contributed by atoms with Crippen molar-refractivity contribution in [2.24, 2.45) is 0 Å². The summed E-state index contributed by atoms with van der Waals surface area (Å²) in [5.74, 6) is 1.20. The molecular formula is C18H13ClN2O2S. The molecule has 6 heteroatoms. The Morgan fingerprint density at radius 1 is 1.25 bits per heavy atom. The number of nitrogens with zero attached hydrogens (tertiary/aromatic N) is 1. The number of thioether (sulfide) groups is 1. The van der Waals surface area contributed by atoms with Gasteiger partial charge in [0.2, 0.25) is 0 Å². The molecule has 3 aromatic rings. The van der Waals surface area contributed by atoms with Crippen LogP contribution in [-0.4, -0.2) is 12.1 Å². The highest BCUT2D eigenvalue weighted by molar-refractivity contribution is 7.98. The van der Waals surface area contributed by atoms with Crippen LogP contribution in [0.4, 0.5) is 0 Å². The Balaban J connectivity index is 2.13. The maximum atomic E-state index is 12.2. The number of rotatable bonds is 4. The average Bonchev–Trinajstić information content (AvgIpc) is 2.60. The van der Waals surface area contributed by atoms with E-state index < -0.39 is 5.56 Å². The van der Waals surface area contributed by atoms with Gasteiger partial charge in [-0.2, -0.15) is 5.26 Å². The van der Waals surface area contributed by atoms with E-state index in [1.807, 2.05) is 30.3 Å². The molecule has 0 fully saturated rings. The summed E-state index contributed by atoms with van der Waals surface area (Å²) in [6, 6.07) is 14.9. The third-order valence-electron chi connectivity index (χ3n) is 3.64. The molecule has 3 rings (SSSR count). The first-order valence-electron chi connectivity index (χ1n) is 7.15. The van der Waals surface area contributed by atoms with E-state index in [0.717, 1.165) is 10.9 Å². The number of fused-ring (bicyclic) bond motifs is 1. The zero-order valence-corrected chi connectivity index (χ0v) is 14.4. The topological polar surface area (TPSA) is 65.9 Å². The fourth-order valence-electron chi connectivity index (χ4n) is 2.48. The van der Waals surface area contributed by atoms with E-state index in [0.29, 0.717) is 26.9 Å². The lowest BCUT2D eigenvalue weighted by atomic mass is 10.1. The predicted octanol–water partition coefficient (Wildman–Crippen LogP) is 4.35. The first-order chi connectivity index (χ1) is 11.7. The molecule has 120 valence electrons. The fourth-order valence-corrected chi connectivity index (χ4v) is 3.83. The normalized spacial score (nSPS) is 10.5. The number of ether oxygens (including phenoxy) is 1. The van der Waals surface area contributed by atoms with Crippen molar-refractivity contribution in [2.75, 3.05) is 7.11 Å². The third kappa shape index (κ3) is 2.99. The Kier molecular flexibility index (Phi) is 4.79. The maximum absolute atomic E-state index is 12.2. The molecule has 0 aliphatic rings. The summed E-state index contributed by atoms with van der Waals surface area (Å²) in [6.45, 7) is 0. The molecule has 0 amide bonds. The number of hydrogen-bond acceptors (Lipinski definition) is 4. The smallest absolute Gasteiger partial charge is 0.267 e. The molecule has 1 heterocycles. The van der Waals surface area contributed by atoms with Crippen LogP contribution in [0.3, 0.4) is 0 Å². The van der Waals surface area contributed by atoms with Gasteiger partial charge in [-0.15, -0.1) is 11.8 Å². The number of nitriles is 1. The van der Waals surface area contributed by atoms with Gasteiger partial charge in [0, 0.05) is 16.2 Å². The van der Waals surface area contributed by atoms with Gasteiger partial charge in [0.25, 0.3) is 5.56 Å². The Morgan fingerprint density at radius 3 is 2.75 bits per heavy atom. The lowest BCUT2D eigenvalue weighted by Crippen LogP contribution is -2.12. The second-order valence-electron chi connectivity index (χ2n) is 5.03. The Bertz CT molecular complexity index is 1010. The number of pyridine rings is 1. The SMILES string of the molecule is COc1cccc2c(C#N)c(=O)[nH]c(SCc3ccccc3Cl)c12. The summed E-state index contributed by atoms with van der Waals surface area (Å²) in [5, 5.41) is 11.9. The fraction of sp³-hybridized carbons (Fsp3) is 0.111. The summed E-state index contributed by atoms with van der Waals surface area (Å²) < 4.78 is 5.41. The van der Waals surface area contributed by atoms with Gasteiger partial charge in [0.1, 0.15) is 17.4 Å². The number of benzene rings is 2. The van der Waals surface area contributed by atoms with E-state index in [9.17, 15) is 10.1 Å². The lowest BCUT2D eigenvalue weighted by Gasteiger charge is -2.11. The molecule has 1 N–H and O–H groups in total. The number of aromatic nitrogens is 1. The van der Waals surface area contributed by atoms with E-state index in [4.69, 9.17) is 16.3 Å². The third-order valence-corrected chi connectivity index (χ3v) is 5.06. The number of methoxy groups -OCH3 is 1. The first kappa shape index (κ1) is 16.4. The molecule has 1 aromatic heterocycles. The quantitative estimate of drug-likeness (QED) is 0.705. The maximum Gasteiger partial charge on any atom is 0.267 e. The van der Waals surface area contributed by atoms with Gasteiger partial charge in [0.15, 0.2) is 0 Å². The van der Waals surface area contributed by atoms with Crippen molar-refractivity contribution < 1.29 is 4.74 Å². The van der Waals surface area contributed by atoms with Crippen LogP contribution in [0, 0.1) is 11.3 Å². The Hall–Kier alpha value is -2.42. The van der Waals surface area contributed by atoms with Crippen molar-refractivity contribution in [3.05, 3.63) is 69.0 Å². The van der Waals surface area contributed by atoms with Gasteiger partial charge < -0.3 is 9.72 Å². The minimum absolute atomic E-state index is 0.0889. The monoisotopic (exact) mass is 356 g/mol. The van der Waals surface area contributed by atoms with E-state index in [1.54, 1.807) is 25.3 Å². The van der Waals surface area contributed by atoms with Crippen LogP contribution in [0.25, 0.3) is 10.8 Å². The first-order valence-corrected chi connectivity index (χ1v) is 8.51. The molecule has 0 spiro atoms. The van der Waals surface area contributed by atoms with Crippen molar-refractivity contribution in [3.63, 3.8) is 0 Å². The minimum Gasteiger partial charge on any atom is -0.496 e. The molecule has 2 aromatic carbocycles. The second-order valence-corrected chi connectivity index (χ2v) is 6.43. The standard InChI is InChI=1S/C18H13ClN2O2S/c1-23-15-8-4-6-12-13(9-20)17(22)21-18(16(12)15)24-10-11-5-2-3-7-14(11)19/h2-8H,10H2,1H3,(H,21,22). The van der Waals surface area contributed by atoms with Gasteiger partial charge >= 0.3 is 0 Å². The van der Waals surface area contributed by atoms with E-state index >= 15 is 0 Å². The van der Waals surface area contributed by atoms with Crippen molar-refractivity contribution in [1.82, 2.24) is 4.98 Å². The van der Waals surface area contributed by atoms with Crippen LogP contribution in [-0.2, 0) is 5.75 Å². The molecule has 0 atom stereocenters. The molecular weight excluding hydrogens is 344 g/mol. The predicted molar refractivity (Wildman–Crippen MR) is 96.8 cm³/mol. The average molecular weight is 357 g/mol. The van der Waals surface area contributed by atoms with Crippen LogP contribution >= 0.6 is 23.4 Å². The number of nitrogens with one attached hydrogen (secondary N) is 1. The van der Waals surface area contributed by atoms with E-state index in [1.165, 1.54) is 11.8 Å². The summed E-state index contributed by atoms with van der Waals surface area (Å²) in [7, 11) is 1.56. The Labute approximate surface area is 148 Å². The molecule has 0 radical (unpaired) electrons. The van der Waals surface area contributed by atoms with Gasteiger partial charge in [-0.1, -0.05) is 41.9 Å². The number of H-pyrrole nitrogens is 1. The molecule has 0 aliphatic heterocycles. The van der Waals surface area contributed by atoms with Gasteiger partial charge in [-0.05, 0) is 17.7 Å². The van der Waals surface area contributed by atoms with Crippen molar-refractivity contribution in [1.29, 1.82) is 5.26 Å². The highest BCUT2D eigenvalue weighted by Gasteiger charge is 2.15. The molecule has 0 bridgehead atoms. The van der Waals surface area contributed by atoms with E-state index in [-0.39, 0.29) is 5.56 Å². The zero-order chi connectivity index (χ0) is 17.1. The number of halogens is 1. The summed E-state index contributed by atoms with van der Waals surface area (Å²) in [4.78, 5) is 15.0. The van der Waals surface area contributed by atoms with Crippen LogP contribution in [0.15, 0.2) is 52.3 Å². The molecule has 24 heavy (non-hydrogen) atoms. The van der Waals surface area contributed by atoms with Crippen molar-refractivity contribution in [3.8, 4) is 11.8 Å². The van der Waals surface area contributed by atoms with Crippen molar-refractivity contribution >= 4 is 34.1 Å². The molecule has 0 unspecified atom stereocenters. The highest BCUT2D eigenvalue weighted by Crippen LogP contribution is 2.35. The lowest BCUT2D eigenvalue weighted by molar-refractivity contribution is 0.419. The summed E-state index contributed by atoms with van der Waals surface area (Å²) in [6.07, 6.45) is 0.